The van der Waals surface area contributed by atoms with E-state index in [2.05, 4.69) is 45.6 Å². The second kappa shape index (κ2) is 10.9. The molecule has 0 aliphatic rings. The standard InChI is InChI=1S/C19H23ClN4S/c1-3-4-6-11-16(12-15-9-7-5-8-10-15)14-21-24-18-13-17(20)22-19(23-18)25-2/h5,7-10,12-14H,3-4,6,11H2,1-2H3,(H,22,23,24)/b16-12-,21-14+. The maximum Gasteiger partial charge on any atom is 0.190 e. The minimum absolute atomic E-state index is 0.403. The Bertz CT molecular complexity index is 717. The summed E-state index contributed by atoms with van der Waals surface area (Å²) in [5.74, 6) is 0.591. The third kappa shape index (κ3) is 7.28. The van der Waals surface area contributed by atoms with Crippen LogP contribution in [0.4, 0.5) is 5.82 Å². The average molecular weight is 375 g/mol. The van der Waals surface area contributed by atoms with Gasteiger partial charge in [0.25, 0.3) is 0 Å². The van der Waals surface area contributed by atoms with E-state index < -0.39 is 0 Å². The molecule has 0 amide bonds. The number of unbranched alkanes of at least 4 members (excludes halogenated alkanes) is 2. The zero-order valence-electron chi connectivity index (χ0n) is 14.6. The Morgan fingerprint density at radius 2 is 2.04 bits per heavy atom. The van der Waals surface area contributed by atoms with Gasteiger partial charge in [-0.05, 0) is 30.2 Å². The molecule has 1 aromatic heterocycles. The van der Waals surface area contributed by atoms with Gasteiger partial charge in [-0.2, -0.15) is 5.10 Å². The van der Waals surface area contributed by atoms with E-state index in [9.17, 15) is 0 Å². The molecule has 0 unspecified atom stereocenters. The van der Waals surface area contributed by atoms with Crippen LogP contribution in [0.1, 0.15) is 38.2 Å². The van der Waals surface area contributed by atoms with E-state index in [4.69, 9.17) is 11.6 Å². The van der Waals surface area contributed by atoms with Crippen LogP contribution in [-0.4, -0.2) is 22.4 Å². The van der Waals surface area contributed by atoms with Crippen LogP contribution in [0.2, 0.25) is 5.15 Å². The predicted octanol–water partition coefficient (Wildman–Crippen LogP) is 5.91. The maximum atomic E-state index is 5.99. The Hall–Kier alpha value is -1.85. The number of thioether (sulfide) groups is 1. The number of aromatic nitrogens is 2. The number of rotatable bonds is 9. The van der Waals surface area contributed by atoms with Gasteiger partial charge in [-0.1, -0.05) is 79.5 Å². The Morgan fingerprint density at radius 3 is 2.76 bits per heavy atom. The fourth-order valence-corrected chi connectivity index (χ4v) is 2.86. The number of nitrogens with zero attached hydrogens (tertiary/aromatic N) is 3. The molecule has 0 aliphatic heterocycles. The molecule has 1 aromatic carbocycles. The third-order valence-electron chi connectivity index (χ3n) is 3.49. The molecule has 0 atom stereocenters. The first kappa shape index (κ1) is 19.5. The van der Waals surface area contributed by atoms with Gasteiger partial charge in [0.1, 0.15) is 5.15 Å². The van der Waals surface area contributed by atoms with Crippen LogP contribution in [0, 0.1) is 0 Å². The SMILES string of the molecule is CCCCCC(=C/c1ccccc1)/C=N/Nc1cc(Cl)nc(SC)n1. The second-order valence-electron chi connectivity index (χ2n) is 5.52. The van der Waals surface area contributed by atoms with Gasteiger partial charge in [-0.25, -0.2) is 9.97 Å². The fraction of sp³-hybridized carbons (Fsp3) is 0.316. The Labute approximate surface area is 158 Å². The fourth-order valence-electron chi connectivity index (χ4n) is 2.24. The summed E-state index contributed by atoms with van der Waals surface area (Å²) in [7, 11) is 0. The molecule has 0 aliphatic carbocycles. The van der Waals surface area contributed by atoms with Crippen molar-refractivity contribution >= 4 is 41.5 Å². The molecule has 1 heterocycles. The Balaban J connectivity index is 2.08. The van der Waals surface area contributed by atoms with Gasteiger partial charge in [0.05, 0.1) is 6.21 Å². The lowest BCUT2D eigenvalue weighted by Gasteiger charge is -2.04. The number of hydrazone groups is 1. The average Bonchev–Trinajstić information content (AvgIpc) is 2.62. The number of anilines is 1. The van der Waals surface area contributed by atoms with Gasteiger partial charge in [0, 0.05) is 6.07 Å². The van der Waals surface area contributed by atoms with Crippen molar-refractivity contribution in [1.29, 1.82) is 0 Å². The van der Waals surface area contributed by atoms with E-state index in [1.165, 1.54) is 35.7 Å². The van der Waals surface area contributed by atoms with Crippen molar-refractivity contribution in [3.05, 3.63) is 52.7 Å². The first-order valence-corrected chi connectivity index (χ1v) is 9.95. The summed E-state index contributed by atoms with van der Waals surface area (Å²) in [5, 5.41) is 5.35. The first-order valence-electron chi connectivity index (χ1n) is 8.34. The van der Waals surface area contributed by atoms with Crippen molar-refractivity contribution in [1.82, 2.24) is 9.97 Å². The molecular formula is C19H23ClN4S. The van der Waals surface area contributed by atoms with Crippen molar-refractivity contribution in [2.45, 2.75) is 37.8 Å². The molecule has 2 aromatic rings. The van der Waals surface area contributed by atoms with Gasteiger partial charge in [-0.15, -0.1) is 0 Å². The van der Waals surface area contributed by atoms with E-state index in [1.54, 1.807) is 6.07 Å². The minimum atomic E-state index is 0.403. The zero-order valence-corrected chi connectivity index (χ0v) is 16.1. The molecule has 25 heavy (non-hydrogen) atoms. The first-order chi connectivity index (χ1) is 12.2. The lowest BCUT2D eigenvalue weighted by Crippen LogP contribution is -1.97. The highest BCUT2D eigenvalue weighted by Gasteiger charge is 2.01. The molecule has 0 spiro atoms. The van der Waals surface area contributed by atoms with Crippen LogP contribution in [0.15, 0.2) is 52.2 Å². The third-order valence-corrected chi connectivity index (χ3v) is 4.23. The van der Waals surface area contributed by atoms with Crippen molar-refractivity contribution < 1.29 is 0 Å². The van der Waals surface area contributed by atoms with E-state index >= 15 is 0 Å². The summed E-state index contributed by atoms with van der Waals surface area (Å²) in [6.45, 7) is 2.21. The van der Waals surface area contributed by atoms with Crippen LogP contribution in [-0.2, 0) is 0 Å². The quantitative estimate of drug-likeness (QED) is 0.148. The number of allylic oxidation sites excluding steroid dienone is 1. The highest BCUT2D eigenvalue weighted by atomic mass is 35.5. The van der Waals surface area contributed by atoms with Crippen molar-refractivity contribution in [3.63, 3.8) is 0 Å². The molecule has 4 nitrogen and oxygen atoms in total. The molecule has 2 rings (SSSR count). The molecular weight excluding hydrogens is 352 g/mol. The molecule has 0 radical (unpaired) electrons. The molecule has 0 saturated carbocycles. The van der Waals surface area contributed by atoms with Crippen LogP contribution < -0.4 is 5.43 Å². The lowest BCUT2D eigenvalue weighted by molar-refractivity contribution is 0.724. The maximum absolute atomic E-state index is 5.99. The predicted molar refractivity (Wildman–Crippen MR) is 109 cm³/mol. The number of hydrogen-bond donors (Lipinski definition) is 1. The highest BCUT2D eigenvalue weighted by Crippen LogP contribution is 2.17. The molecule has 132 valence electrons. The van der Waals surface area contributed by atoms with Crippen molar-refractivity contribution in [2.75, 3.05) is 11.7 Å². The molecule has 0 saturated heterocycles. The van der Waals surface area contributed by atoms with Gasteiger partial charge in [-0.3, -0.25) is 5.43 Å². The van der Waals surface area contributed by atoms with E-state index in [1.807, 2.05) is 30.7 Å². The van der Waals surface area contributed by atoms with Crippen LogP contribution in [0.3, 0.4) is 0 Å². The van der Waals surface area contributed by atoms with Crippen LogP contribution >= 0.6 is 23.4 Å². The Morgan fingerprint density at radius 1 is 1.24 bits per heavy atom. The Kier molecular flexibility index (Phi) is 8.49. The van der Waals surface area contributed by atoms with Gasteiger partial charge >= 0.3 is 0 Å². The summed E-state index contributed by atoms with van der Waals surface area (Å²) in [6, 6.07) is 11.9. The lowest BCUT2D eigenvalue weighted by atomic mass is 10.1. The van der Waals surface area contributed by atoms with Crippen molar-refractivity contribution in [3.8, 4) is 0 Å². The highest BCUT2D eigenvalue weighted by molar-refractivity contribution is 7.98. The number of halogens is 1. The van der Waals surface area contributed by atoms with E-state index in [-0.39, 0.29) is 0 Å². The van der Waals surface area contributed by atoms with Crippen molar-refractivity contribution in [2.24, 2.45) is 5.10 Å². The summed E-state index contributed by atoms with van der Waals surface area (Å²) in [4.78, 5) is 8.45. The van der Waals surface area contributed by atoms with Crippen LogP contribution in [0.5, 0.6) is 0 Å². The minimum Gasteiger partial charge on any atom is -0.261 e. The van der Waals surface area contributed by atoms with Crippen LogP contribution in [0.25, 0.3) is 6.08 Å². The second-order valence-corrected chi connectivity index (χ2v) is 6.68. The molecule has 0 fully saturated rings. The van der Waals surface area contributed by atoms with Gasteiger partial charge < -0.3 is 0 Å². The largest absolute Gasteiger partial charge is 0.261 e. The molecule has 6 heteroatoms. The summed E-state index contributed by atoms with van der Waals surface area (Å²) < 4.78 is 0. The zero-order chi connectivity index (χ0) is 17.9. The monoisotopic (exact) mass is 374 g/mol. The summed E-state index contributed by atoms with van der Waals surface area (Å²) in [5.41, 5.74) is 5.30. The number of nitrogens with one attached hydrogen (secondary N) is 1. The van der Waals surface area contributed by atoms with E-state index in [0.717, 1.165) is 12.8 Å². The normalized spacial score (nSPS) is 11.9. The topological polar surface area (TPSA) is 50.2 Å². The number of benzene rings is 1. The van der Waals surface area contributed by atoms with Gasteiger partial charge in [0.2, 0.25) is 0 Å². The summed E-state index contributed by atoms with van der Waals surface area (Å²) in [6.07, 6.45) is 10.5. The smallest absolute Gasteiger partial charge is 0.190 e. The summed E-state index contributed by atoms with van der Waals surface area (Å²) >= 11 is 7.44. The number of hydrogen-bond acceptors (Lipinski definition) is 5. The molecule has 1 N–H and O–H groups in total. The van der Waals surface area contributed by atoms with E-state index in [0.29, 0.717) is 16.1 Å². The van der Waals surface area contributed by atoms with Gasteiger partial charge in [0.15, 0.2) is 11.0 Å². The molecule has 0 bridgehead atoms.